The van der Waals surface area contributed by atoms with Gasteiger partial charge in [-0.05, 0) is 18.9 Å². The number of carbonyl (C=O) groups is 3. The number of primary amides is 1. The van der Waals surface area contributed by atoms with Crippen LogP contribution in [-0.4, -0.2) is 51.9 Å². The topological polar surface area (TPSA) is 137 Å². The molecular formula is C14H20N4O5. The lowest BCUT2D eigenvalue weighted by molar-refractivity contribution is -0.140. The third-order valence-electron chi connectivity index (χ3n) is 3.78. The van der Waals surface area contributed by atoms with Crippen LogP contribution in [0.1, 0.15) is 41.4 Å². The number of hydrogen-bond acceptors (Lipinski definition) is 5. The lowest BCUT2D eigenvalue weighted by Crippen LogP contribution is -2.43. The molecule has 0 aliphatic carbocycles. The first-order valence-electron chi connectivity index (χ1n) is 7.32. The van der Waals surface area contributed by atoms with Crippen LogP contribution in [0.4, 0.5) is 0 Å². The van der Waals surface area contributed by atoms with Gasteiger partial charge in [0.15, 0.2) is 0 Å². The van der Waals surface area contributed by atoms with Gasteiger partial charge in [0.1, 0.15) is 11.7 Å². The van der Waals surface area contributed by atoms with Crippen molar-refractivity contribution in [1.29, 1.82) is 0 Å². The Morgan fingerprint density at radius 3 is 2.70 bits per heavy atom. The molecule has 4 N–H and O–H groups in total. The molecule has 126 valence electrons. The predicted molar refractivity (Wildman–Crippen MR) is 78.7 cm³/mol. The van der Waals surface area contributed by atoms with Gasteiger partial charge in [0.2, 0.25) is 5.91 Å². The summed E-state index contributed by atoms with van der Waals surface area (Å²) < 4.78 is 6.70. The first kappa shape index (κ1) is 16.9. The fourth-order valence-electron chi connectivity index (χ4n) is 2.53. The first-order chi connectivity index (χ1) is 10.9. The largest absolute Gasteiger partial charge is 0.480 e. The van der Waals surface area contributed by atoms with Crippen molar-refractivity contribution in [2.45, 2.75) is 31.2 Å². The maximum absolute atomic E-state index is 12.2. The maximum Gasteiger partial charge on any atom is 0.326 e. The van der Waals surface area contributed by atoms with Gasteiger partial charge in [0, 0.05) is 26.2 Å². The Labute approximate surface area is 132 Å². The number of amides is 2. The molecule has 1 aliphatic rings. The van der Waals surface area contributed by atoms with Gasteiger partial charge in [-0.15, -0.1) is 0 Å². The smallest absolute Gasteiger partial charge is 0.326 e. The lowest BCUT2D eigenvalue weighted by Gasteiger charge is -2.19. The fraction of sp³-hybridized carbons (Fsp3) is 0.571. The van der Waals surface area contributed by atoms with Crippen LogP contribution >= 0.6 is 0 Å². The molecule has 9 heteroatoms. The number of aliphatic carboxylic acids is 1. The Hall–Kier alpha value is -2.42. The molecule has 0 spiro atoms. The highest BCUT2D eigenvalue weighted by Gasteiger charge is 2.26. The number of aryl methyl sites for hydroxylation is 1. The van der Waals surface area contributed by atoms with E-state index in [0.717, 1.165) is 18.5 Å². The van der Waals surface area contributed by atoms with Crippen LogP contribution in [0, 0.1) is 0 Å². The standard InChI is InChI=1S/C14H20N4O5/c1-18-11(6-9(17-18)8-2-4-23-5-3-8)13(20)16-10(14(21)22)7-12(15)19/h6,8,10H,2-5,7H2,1H3,(H2,15,19)(H,16,20)(H,21,22)/t10-/m1/s1. The molecule has 23 heavy (non-hydrogen) atoms. The quantitative estimate of drug-likeness (QED) is 0.637. The summed E-state index contributed by atoms with van der Waals surface area (Å²) in [5.41, 5.74) is 6.01. The van der Waals surface area contributed by atoms with Crippen LogP contribution in [0.5, 0.6) is 0 Å². The van der Waals surface area contributed by atoms with E-state index in [1.54, 1.807) is 13.1 Å². The molecule has 2 amide bonds. The summed E-state index contributed by atoms with van der Waals surface area (Å²) in [7, 11) is 1.61. The molecule has 0 radical (unpaired) electrons. The third kappa shape index (κ3) is 4.28. The normalized spacial score (nSPS) is 16.7. The molecule has 1 atom stereocenters. The second kappa shape index (κ2) is 7.23. The van der Waals surface area contributed by atoms with Crippen LogP contribution < -0.4 is 11.1 Å². The summed E-state index contributed by atoms with van der Waals surface area (Å²) in [5.74, 6) is -2.50. The number of carbonyl (C=O) groups excluding carboxylic acids is 2. The predicted octanol–water partition coefficient (Wildman–Crippen LogP) is -0.627. The second-order valence-corrected chi connectivity index (χ2v) is 5.50. The van der Waals surface area contributed by atoms with Gasteiger partial charge in [-0.1, -0.05) is 0 Å². The van der Waals surface area contributed by atoms with E-state index in [1.165, 1.54) is 4.68 Å². The Bertz CT molecular complexity index is 606. The van der Waals surface area contributed by atoms with E-state index in [4.69, 9.17) is 15.6 Å². The molecule has 0 saturated carbocycles. The van der Waals surface area contributed by atoms with E-state index in [1.807, 2.05) is 0 Å². The molecule has 0 bridgehead atoms. The van der Waals surface area contributed by atoms with Gasteiger partial charge >= 0.3 is 5.97 Å². The Balaban J connectivity index is 2.10. The monoisotopic (exact) mass is 324 g/mol. The van der Waals surface area contributed by atoms with Gasteiger partial charge in [0.25, 0.3) is 5.91 Å². The Morgan fingerprint density at radius 2 is 2.13 bits per heavy atom. The van der Waals surface area contributed by atoms with E-state index in [2.05, 4.69) is 10.4 Å². The summed E-state index contributed by atoms with van der Waals surface area (Å²) in [5, 5.41) is 15.7. The minimum atomic E-state index is -1.36. The van der Waals surface area contributed by atoms with Crippen LogP contribution in [0.25, 0.3) is 0 Å². The molecule has 1 fully saturated rings. The van der Waals surface area contributed by atoms with E-state index >= 15 is 0 Å². The minimum Gasteiger partial charge on any atom is -0.480 e. The summed E-state index contributed by atoms with van der Waals surface area (Å²) in [6.45, 7) is 1.31. The molecule has 0 unspecified atom stereocenters. The van der Waals surface area contributed by atoms with Crippen LogP contribution in [0.15, 0.2) is 6.07 Å². The number of nitrogens with one attached hydrogen (secondary N) is 1. The average Bonchev–Trinajstić information content (AvgIpc) is 2.89. The molecule has 1 saturated heterocycles. The second-order valence-electron chi connectivity index (χ2n) is 5.50. The van der Waals surface area contributed by atoms with Gasteiger partial charge in [-0.25, -0.2) is 4.79 Å². The highest BCUT2D eigenvalue weighted by Crippen LogP contribution is 2.26. The van der Waals surface area contributed by atoms with Crippen molar-refractivity contribution in [3.05, 3.63) is 17.5 Å². The average molecular weight is 324 g/mol. The molecule has 2 heterocycles. The van der Waals surface area contributed by atoms with Crippen LogP contribution in [0.3, 0.4) is 0 Å². The number of nitrogens with zero attached hydrogens (tertiary/aromatic N) is 2. The SMILES string of the molecule is Cn1nc(C2CCOCC2)cc1C(=O)N[C@H](CC(N)=O)C(=O)O. The Kier molecular flexibility index (Phi) is 5.32. The molecule has 1 aromatic rings. The third-order valence-corrected chi connectivity index (χ3v) is 3.78. The summed E-state index contributed by atoms with van der Waals surface area (Å²) in [6, 6.07) is 0.288. The maximum atomic E-state index is 12.2. The van der Waals surface area contributed by atoms with E-state index in [-0.39, 0.29) is 11.6 Å². The zero-order chi connectivity index (χ0) is 17.0. The molecule has 1 aliphatic heterocycles. The molecule has 2 rings (SSSR count). The Morgan fingerprint density at radius 1 is 1.48 bits per heavy atom. The molecule has 9 nitrogen and oxygen atoms in total. The van der Waals surface area contributed by atoms with Gasteiger partial charge in [-0.2, -0.15) is 5.10 Å². The van der Waals surface area contributed by atoms with Crippen LogP contribution in [-0.2, 0) is 21.4 Å². The molecule has 1 aromatic heterocycles. The van der Waals surface area contributed by atoms with Crippen molar-refractivity contribution in [3.8, 4) is 0 Å². The summed E-state index contributed by atoms with van der Waals surface area (Å²) in [6.07, 6.45) is 1.20. The van der Waals surface area contributed by atoms with Crippen molar-refractivity contribution < 1.29 is 24.2 Å². The first-order valence-corrected chi connectivity index (χ1v) is 7.32. The highest BCUT2D eigenvalue weighted by atomic mass is 16.5. The lowest BCUT2D eigenvalue weighted by atomic mass is 9.96. The summed E-state index contributed by atoms with van der Waals surface area (Å²) in [4.78, 5) is 34.2. The summed E-state index contributed by atoms with van der Waals surface area (Å²) >= 11 is 0. The van der Waals surface area contributed by atoms with Crippen molar-refractivity contribution in [3.63, 3.8) is 0 Å². The van der Waals surface area contributed by atoms with E-state index < -0.39 is 30.2 Å². The molecule has 0 aromatic carbocycles. The number of hydrogen-bond donors (Lipinski definition) is 3. The van der Waals surface area contributed by atoms with Crippen molar-refractivity contribution >= 4 is 17.8 Å². The van der Waals surface area contributed by atoms with Gasteiger partial charge in [0.05, 0.1) is 12.1 Å². The van der Waals surface area contributed by atoms with Crippen molar-refractivity contribution in [2.24, 2.45) is 12.8 Å². The molecular weight excluding hydrogens is 304 g/mol. The zero-order valence-corrected chi connectivity index (χ0v) is 12.8. The number of nitrogens with two attached hydrogens (primary N) is 1. The number of rotatable bonds is 6. The van der Waals surface area contributed by atoms with Gasteiger partial charge < -0.3 is 20.9 Å². The highest BCUT2D eigenvalue weighted by molar-refractivity contribution is 5.96. The number of carboxylic acids is 1. The fourth-order valence-corrected chi connectivity index (χ4v) is 2.53. The van der Waals surface area contributed by atoms with E-state index in [0.29, 0.717) is 13.2 Å². The number of aromatic nitrogens is 2. The van der Waals surface area contributed by atoms with Crippen LogP contribution in [0.2, 0.25) is 0 Å². The van der Waals surface area contributed by atoms with Crippen molar-refractivity contribution in [1.82, 2.24) is 15.1 Å². The van der Waals surface area contributed by atoms with E-state index in [9.17, 15) is 14.4 Å². The minimum absolute atomic E-state index is 0.220. The zero-order valence-electron chi connectivity index (χ0n) is 12.8. The number of ether oxygens (including phenoxy) is 1. The van der Waals surface area contributed by atoms with Crippen molar-refractivity contribution in [2.75, 3.05) is 13.2 Å². The van der Waals surface area contributed by atoms with Gasteiger partial charge in [-0.3, -0.25) is 14.3 Å². The number of carboxylic acid groups (broad SMARTS) is 1.